The second kappa shape index (κ2) is 9.50. The molecule has 0 unspecified atom stereocenters. The third-order valence-electron chi connectivity index (χ3n) is 4.97. The van der Waals surface area contributed by atoms with Gasteiger partial charge in [0, 0.05) is 36.7 Å². The Kier molecular flexibility index (Phi) is 6.81. The number of fused-ring (bicyclic) bond motifs is 1. The van der Waals surface area contributed by atoms with Crippen LogP contribution >= 0.6 is 0 Å². The van der Waals surface area contributed by atoms with E-state index in [1.165, 1.54) is 0 Å². The van der Waals surface area contributed by atoms with E-state index in [0.29, 0.717) is 43.8 Å². The molecule has 2 heterocycles. The van der Waals surface area contributed by atoms with Crippen LogP contribution in [0.3, 0.4) is 0 Å². The topological polar surface area (TPSA) is 80.6 Å². The number of amides is 2. The van der Waals surface area contributed by atoms with E-state index < -0.39 is 11.7 Å². The molecule has 7 nitrogen and oxygen atoms in total. The number of para-hydroxylation sites is 1. The van der Waals surface area contributed by atoms with Crippen LogP contribution in [0.4, 0.5) is 0 Å². The summed E-state index contributed by atoms with van der Waals surface area (Å²) < 4.78 is 7.04. The number of unbranched alkanes of at least 4 members (excludes halogenated alkanes) is 2. The van der Waals surface area contributed by atoms with Gasteiger partial charge in [-0.1, -0.05) is 38.0 Å². The molecular weight excluding hydrogens is 358 g/mol. The van der Waals surface area contributed by atoms with Gasteiger partial charge < -0.3 is 19.5 Å². The second-order valence-electron chi connectivity index (χ2n) is 6.97. The van der Waals surface area contributed by atoms with Gasteiger partial charge in [-0.2, -0.15) is 0 Å². The first-order valence-corrected chi connectivity index (χ1v) is 9.87. The van der Waals surface area contributed by atoms with Crippen molar-refractivity contribution in [3.05, 3.63) is 36.0 Å². The number of hydrogen-bond donors (Lipinski definition) is 1. The Balaban J connectivity index is 1.77. The van der Waals surface area contributed by atoms with Crippen LogP contribution < -0.4 is 5.32 Å². The minimum atomic E-state index is -0.599. The number of carbonyl (C=O) groups excluding carboxylic acids is 3. The van der Waals surface area contributed by atoms with Crippen LogP contribution in [0.2, 0.25) is 0 Å². The van der Waals surface area contributed by atoms with Crippen molar-refractivity contribution in [1.29, 1.82) is 0 Å². The summed E-state index contributed by atoms with van der Waals surface area (Å²) >= 11 is 0. The number of morpholine rings is 1. The van der Waals surface area contributed by atoms with Crippen molar-refractivity contribution in [3.63, 3.8) is 0 Å². The summed E-state index contributed by atoms with van der Waals surface area (Å²) in [6.07, 6.45) is 4.54. The lowest BCUT2D eigenvalue weighted by molar-refractivity contribution is -0.135. The Bertz CT molecular complexity index is 852. The van der Waals surface area contributed by atoms with E-state index in [0.717, 1.165) is 24.8 Å². The number of hydrogen-bond acceptors (Lipinski definition) is 4. The van der Waals surface area contributed by atoms with Crippen LogP contribution in [0.5, 0.6) is 0 Å². The van der Waals surface area contributed by atoms with Gasteiger partial charge in [0.2, 0.25) is 5.91 Å². The molecule has 2 aromatic rings. The Morgan fingerprint density at radius 3 is 2.61 bits per heavy atom. The molecule has 2 amide bonds. The molecule has 0 radical (unpaired) electrons. The highest BCUT2D eigenvalue weighted by atomic mass is 16.5. The molecule has 0 spiro atoms. The first-order chi connectivity index (χ1) is 13.6. The molecule has 28 heavy (non-hydrogen) atoms. The molecule has 1 aromatic heterocycles. The Morgan fingerprint density at radius 1 is 1.11 bits per heavy atom. The van der Waals surface area contributed by atoms with Crippen LogP contribution in [0, 0.1) is 0 Å². The summed E-state index contributed by atoms with van der Waals surface area (Å²) in [4.78, 5) is 39.3. The van der Waals surface area contributed by atoms with Gasteiger partial charge in [0.1, 0.15) is 6.54 Å². The minimum absolute atomic E-state index is 0.0212. The number of nitrogens with zero attached hydrogens (tertiary/aromatic N) is 2. The van der Waals surface area contributed by atoms with E-state index in [1.807, 2.05) is 24.3 Å². The van der Waals surface area contributed by atoms with Crippen LogP contribution in [-0.2, 0) is 20.9 Å². The van der Waals surface area contributed by atoms with Crippen molar-refractivity contribution in [2.24, 2.45) is 0 Å². The van der Waals surface area contributed by atoms with Crippen molar-refractivity contribution in [2.75, 3.05) is 32.8 Å². The molecule has 3 rings (SSSR count). The van der Waals surface area contributed by atoms with E-state index in [4.69, 9.17) is 4.74 Å². The maximum atomic E-state index is 12.7. The van der Waals surface area contributed by atoms with Crippen LogP contribution in [-0.4, -0.2) is 59.9 Å². The number of nitrogens with one attached hydrogen (secondary N) is 1. The van der Waals surface area contributed by atoms with Gasteiger partial charge in [-0.05, 0) is 12.5 Å². The zero-order valence-electron chi connectivity index (χ0n) is 16.3. The Labute approximate surface area is 164 Å². The molecule has 0 aliphatic carbocycles. The monoisotopic (exact) mass is 385 g/mol. The molecule has 1 N–H and O–H groups in total. The largest absolute Gasteiger partial charge is 0.378 e. The second-order valence-corrected chi connectivity index (χ2v) is 6.97. The highest BCUT2D eigenvalue weighted by Crippen LogP contribution is 2.22. The van der Waals surface area contributed by atoms with Crippen LogP contribution in [0.1, 0.15) is 36.5 Å². The maximum absolute atomic E-state index is 12.7. The predicted octanol–water partition coefficient (Wildman–Crippen LogP) is 1.99. The zero-order chi connectivity index (χ0) is 19.9. The van der Waals surface area contributed by atoms with Gasteiger partial charge in [0.15, 0.2) is 0 Å². The lowest BCUT2D eigenvalue weighted by atomic mass is 10.1. The number of carbonyl (C=O) groups is 3. The fourth-order valence-electron chi connectivity index (χ4n) is 3.40. The minimum Gasteiger partial charge on any atom is -0.378 e. The molecule has 0 bridgehead atoms. The summed E-state index contributed by atoms with van der Waals surface area (Å²) in [5, 5.41) is 3.38. The third kappa shape index (κ3) is 4.59. The Morgan fingerprint density at radius 2 is 1.86 bits per heavy atom. The van der Waals surface area contributed by atoms with Crippen molar-refractivity contribution in [3.8, 4) is 0 Å². The summed E-state index contributed by atoms with van der Waals surface area (Å²) in [5.41, 5.74) is 1.10. The molecule has 7 heteroatoms. The van der Waals surface area contributed by atoms with E-state index in [9.17, 15) is 14.4 Å². The normalized spacial score (nSPS) is 14.2. The number of rotatable bonds is 8. The lowest BCUT2D eigenvalue weighted by Crippen LogP contribution is -2.42. The molecule has 1 aromatic carbocycles. The molecule has 1 aliphatic rings. The highest BCUT2D eigenvalue weighted by Gasteiger charge is 2.23. The van der Waals surface area contributed by atoms with Crippen molar-refractivity contribution in [2.45, 2.75) is 32.7 Å². The molecule has 0 atom stereocenters. The quantitative estimate of drug-likeness (QED) is 0.428. The third-order valence-corrected chi connectivity index (χ3v) is 4.97. The SMILES string of the molecule is CCCCCNC(=O)C(=O)c1cn(CC(=O)N2CCOCC2)c2ccccc12. The van der Waals surface area contributed by atoms with Crippen molar-refractivity contribution >= 4 is 28.5 Å². The molecule has 0 saturated carbocycles. The Hall–Kier alpha value is -2.67. The van der Waals surface area contributed by atoms with Gasteiger partial charge in [-0.3, -0.25) is 14.4 Å². The van der Waals surface area contributed by atoms with Gasteiger partial charge in [0.25, 0.3) is 11.7 Å². The van der Waals surface area contributed by atoms with Gasteiger partial charge in [-0.15, -0.1) is 0 Å². The van der Waals surface area contributed by atoms with E-state index in [-0.39, 0.29) is 12.5 Å². The first kappa shape index (κ1) is 20.1. The number of ketones is 1. The first-order valence-electron chi connectivity index (χ1n) is 9.87. The van der Waals surface area contributed by atoms with Gasteiger partial charge >= 0.3 is 0 Å². The van der Waals surface area contributed by atoms with E-state index >= 15 is 0 Å². The van der Waals surface area contributed by atoms with Crippen molar-refractivity contribution < 1.29 is 19.1 Å². The summed E-state index contributed by atoms with van der Waals surface area (Å²) in [6.45, 7) is 4.94. The smallest absolute Gasteiger partial charge is 0.292 e. The molecule has 150 valence electrons. The van der Waals surface area contributed by atoms with E-state index in [1.54, 1.807) is 15.7 Å². The number of aromatic nitrogens is 1. The number of benzene rings is 1. The maximum Gasteiger partial charge on any atom is 0.292 e. The lowest BCUT2D eigenvalue weighted by Gasteiger charge is -2.27. The number of Topliss-reactive ketones (excluding diaryl/α,β-unsaturated/α-hetero) is 1. The van der Waals surface area contributed by atoms with Gasteiger partial charge in [0.05, 0.1) is 18.8 Å². The van der Waals surface area contributed by atoms with Crippen LogP contribution in [0.25, 0.3) is 10.9 Å². The fourth-order valence-corrected chi connectivity index (χ4v) is 3.40. The highest BCUT2D eigenvalue weighted by molar-refractivity contribution is 6.45. The zero-order valence-corrected chi connectivity index (χ0v) is 16.3. The van der Waals surface area contributed by atoms with Gasteiger partial charge in [-0.25, -0.2) is 0 Å². The molecule has 1 fully saturated rings. The van der Waals surface area contributed by atoms with Crippen molar-refractivity contribution in [1.82, 2.24) is 14.8 Å². The average Bonchev–Trinajstić information content (AvgIpc) is 3.09. The summed E-state index contributed by atoms with van der Waals surface area (Å²) in [6, 6.07) is 7.35. The molecular formula is C21H27N3O4. The predicted molar refractivity (Wildman–Crippen MR) is 106 cm³/mol. The standard InChI is InChI=1S/C21H27N3O4/c1-2-3-6-9-22-21(27)20(26)17-14-24(18-8-5-4-7-16(17)18)15-19(25)23-10-12-28-13-11-23/h4-5,7-8,14H,2-3,6,9-13,15H2,1H3,(H,22,27). The average molecular weight is 385 g/mol. The molecule has 1 aliphatic heterocycles. The summed E-state index contributed by atoms with van der Waals surface area (Å²) in [7, 11) is 0. The fraction of sp³-hybridized carbons (Fsp3) is 0.476. The summed E-state index contributed by atoms with van der Waals surface area (Å²) in [5.74, 6) is -1.18. The van der Waals surface area contributed by atoms with Crippen LogP contribution in [0.15, 0.2) is 30.5 Å². The molecule has 1 saturated heterocycles. The number of ether oxygens (including phenoxy) is 1. The van der Waals surface area contributed by atoms with E-state index in [2.05, 4.69) is 12.2 Å².